The zero-order valence-electron chi connectivity index (χ0n) is 17.0. The number of nitrogens with zero attached hydrogens (tertiary/aromatic N) is 3. The summed E-state index contributed by atoms with van der Waals surface area (Å²) in [6.07, 6.45) is 0. The van der Waals surface area contributed by atoms with Gasteiger partial charge in [0.2, 0.25) is 0 Å². The van der Waals surface area contributed by atoms with Gasteiger partial charge in [-0.2, -0.15) is 0 Å². The van der Waals surface area contributed by atoms with E-state index >= 15 is 0 Å². The second-order valence-corrected chi connectivity index (χ2v) is 8.39. The topological polar surface area (TPSA) is 59.5 Å². The lowest BCUT2D eigenvalue weighted by Gasteiger charge is -2.25. The number of fused-ring (bicyclic) bond motifs is 1. The van der Waals surface area contributed by atoms with E-state index in [1.807, 2.05) is 0 Å². The molecule has 1 aliphatic heterocycles. The fourth-order valence-electron chi connectivity index (χ4n) is 3.37. The van der Waals surface area contributed by atoms with Crippen LogP contribution in [0.5, 0.6) is 5.75 Å². The average molecular weight is 435 g/mol. The summed E-state index contributed by atoms with van der Waals surface area (Å²) in [6.45, 7) is 8.63. The lowest BCUT2D eigenvalue weighted by atomic mass is 10.2. The second kappa shape index (κ2) is 9.20. The Bertz CT molecular complexity index is 1040. The van der Waals surface area contributed by atoms with Gasteiger partial charge in [-0.25, -0.2) is 18.7 Å². The molecule has 2 aromatic heterocycles. The van der Waals surface area contributed by atoms with Crippen molar-refractivity contribution in [1.82, 2.24) is 14.9 Å². The molecule has 0 amide bonds. The molecule has 0 bridgehead atoms. The molecular formula is C21H24F2N4O2S. The second-order valence-electron chi connectivity index (χ2n) is 7.19. The summed E-state index contributed by atoms with van der Waals surface area (Å²) in [5, 5.41) is 4.32. The minimum Gasteiger partial charge on any atom is -0.489 e. The molecule has 0 radical (unpaired) electrons. The maximum atomic E-state index is 13.7. The van der Waals surface area contributed by atoms with E-state index in [-0.39, 0.29) is 12.4 Å². The molecule has 6 nitrogen and oxygen atoms in total. The van der Waals surface area contributed by atoms with Gasteiger partial charge >= 0.3 is 0 Å². The van der Waals surface area contributed by atoms with Crippen molar-refractivity contribution in [3.8, 4) is 5.75 Å². The van der Waals surface area contributed by atoms with Crippen molar-refractivity contribution in [2.24, 2.45) is 0 Å². The van der Waals surface area contributed by atoms with Crippen molar-refractivity contribution in [1.29, 1.82) is 0 Å². The van der Waals surface area contributed by atoms with Crippen LogP contribution in [-0.2, 0) is 11.3 Å². The molecule has 0 unspecified atom stereocenters. The highest BCUT2D eigenvalue weighted by Crippen LogP contribution is 2.33. The van der Waals surface area contributed by atoms with E-state index in [0.717, 1.165) is 59.8 Å². The van der Waals surface area contributed by atoms with Crippen LogP contribution in [0.15, 0.2) is 18.2 Å². The normalized spacial score (nSPS) is 14.9. The van der Waals surface area contributed by atoms with Gasteiger partial charge in [-0.15, -0.1) is 11.3 Å². The summed E-state index contributed by atoms with van der Waals surface area (Å²) in [6, 6.07) is 3.28. The van der Waals surface area contributed by atoms with Crippen LogP contribution in [-0.4, -0.2) is 54.3 Å². The molecule has 1 fully saturated rings. The van der Waals surface area contributed by atoms with Gasteiger partial charge in [0.05, 0.1) is 31.7 Å². The number of hydrogen-bond acceptors (Lipinski definition) is 7. The Morgan fingerprint density at radius 3 is 2.77 bits per heavy atom. The predicted molar refractivity (Wildman–Crippen MR) is 113 cm³/mol. The number of benzene rings is 1. The number of ether oxygens (including phenoxy) is 2. The van der Waals surface area contributed by atoms with Gasteiger partial charge < -0.3 is 14.8 Å². The van der Waals surface area contributed by atoms with E-state index in [2.05, 4.69) is 24.1 Å². The van der Waals surface area contributed by atoms with Crippen molar-refractivity contribution in [2.45, 2.75) is 20.4 Å². The third kappa shape index (κ3) is 4.69. The van der Waals surface area contributed by atoms with E-state index in [1.54, 1.807) is 11.3 Å². The standard InChI is InChI=1S/C21H24F2N4O2S/c1-13-14(2)30-21-19(13)20(25-18(26-21)12-27-6-9-28-10-7-27)24-5-8-29-17-4-3-15(22)11-16(17)23/h3-4,11H,5-10,12H2,1-2H3,(H,24,25,26). The summed E-state index contributed by atoms with van der Waals surface area (Å²) in [5.41, 5.74) is 1.15. The van der Waals surface area contributed by atoms with Crippen LogP contribution in [0.4, 0.5) is 14.6 Å². The first kappa shape index (κ1) is 20.9. The monoisotopic (exact) mass is 434 g/mol. The summed E-state index contributed by atoms with van der Waals surface area (Å²) in [4.78, 5) is 14.0. The maximum Gasteiger partial charge on any atom is 0.167 e. The Hall–Kier alpha value is -2.36. The van der Waals surface area contributed by atoms with Gasteiger partial charge in [0, 0.05) is 24.0 Å². The lowest BCUT2D eigenvalue weighted by molar-refractivity contribution is 0.0331. The summed E-state index contributed by atoms with van der Waals surface area (Å²) < 4.78 is 37.6. The number of halogens is 2. The minimum absolute atomic E-state index is 0.0293. The van der Waals surface area contributed by atoms with E-state index in [4.69, 9.17) is 19.4 Å². The molecule has 3 aromatic rings. The Morgan fingerprint density at radius 2 is 2.00 bits per heavy atom. The quantitative estimate of drug-likeness (QED) is 0.569. The number of aromatic nitrogens is 2. The smallest absolute Gasteiger partial charge is 0.167 e. The molecule has 0 spiro atoms. The predicted octanol–water partition coefficient (Wildman–Crippen LogP) is 3.91. The fraction of sp³-hybridized carbons (Fsp3) is 0.429. The highest BCUT2D eigenvalue weighted by atomic mass is 32.1. The van der Waals surface area contributed by atoms with Crippen molar-refractivity contribution >= 4 is 27.4 Å². The first-order valence-corrected chi connectivity index (χ1v) is 10.7. The summed E-state index contributed by atoms with van der Waals surface area (Å²) in [7, 11) is 0. The van der Waals surface area contributed by atoms with Crippen LogP contribution in [0.25, 0.3) is 10.2 Å². The van der Waals surface area contributed by atoms with Crippen molar-refractivity contribution in [3.05, 3.63) is 46.1 Å². The van der Waals surface area contributed by atoms with Crippen molar-refractivity contribution < 1.29 is 18.3 Å². The number of nitrogens with one attached hydrogen (secondary N) is 1. The highest BCUT2D eigenvalue weighted by molar-refractivity contribution is 7.18. The molecule has 3 heterocycles. The SMILES string of the molecule is Cc1sc2nc(CN3CCOCC3)nc(NCCOc3ccc(F)cc3F)c2c1C. The van der Waals surface area contributed by atoms with E-state index in [9.17, 15) is 8.78 Å². The molecule has 1 aromatic carbocycles. The van der Waals surface area contributed by atoms with Gasteiger partial charge in [0.25, 0.3) is 0 Å². The van der Waals surface area contributed by atoms with Crippen molar-refractivity contribution in [3.63, 3.8) is 0 Å². The van der Waals surface area contributed by atoms with Crippen LogP contribution in [0.3, 0.4) is 0 Å². The first-order chi connectivity index (χ1) is 14.5. The van der Waals surface area contributed by atoms with E-state index in [0.29, 0.717) is 13.1 Å². The minimum atomic E-state index is -0.712. The molecular weight excluding hydrogens is 410 g/mol. The summed E-state index contributed by atoms with van der Waals surface area (Å²) >= 11 is 1.66. The van der Waals surface area contributed by atoms with Gasteiger partial charge in [-0.3, -0.25) is 4.90 Å². The largest absolute Gasteiger partial charge is 0.489 e. The van der Waals surface area contributed by atoms with Crippen LogP contribution in [0, 0.1) is 25.5 Å². The molecule has 0 atom stereocenters. The van der Waals surface area contributed by atoms with Crippen LogP contribution < -0.4 is 10.1 Å². The molecule has 160 valence electrons. The molecule has 30 heavy (non-hydrogen) atoms. The fourth-order valence-corrected chi connectivity index (χ4v) is 4.42. The number of hydrogen-bond donors (Lipinski definition) is 1. The number of anilines is 1. The molecule has 0 saturated carbocycles. The number of morpholine rings is 1. The number of aryl methyl sites for hydroxylation is 2. The molecule has 0 aliphatic carbocycles. The number of thiophene rings is 1. The third-order valence-electron chi connectivity index (χ3n) is 5.09. The van der Waals surface area contributed by atoms with Crippen molar-refractivity contribution in [2.75, 3.05) is 44.8 Å². The maximum absolute atomic E-state index is 13.7. The Labute approximate surface area is 177 Å². The number of rotatable bonds is 7. The zero-order chi connectivity index (χ0) is 21.1. The van der Waals surface area contributed by atoms with Gasteiger partial charge in [-0.05, 0) is 31.5 Å². The first-order valence-electron chi connectivity index (χ1n) is 9.89. The van der Waals surface area contributed by atoms with Crippen LogP contribution in [0.2, 0.25) is 0 Å². The van der Waals surface area contributed by atoms with Crippen LogP contribution in [0.1, 0.15) is 16.3 Å². The lowest BCUT2D eigenvalue weighted by Crippen LogP contribution is -2.36. The van der Waals surface area contributed by atoms with Gasteiger partial charge in [0.15, 0.2) is 11.6 Å². The molecule has 4 rings (SSSR count). The third-order valence-corrected chi connectivity index (χ3v) is 6.19. The Kier molecular flexibility index (Phi) is 6.40. The molecule has 1 N–H and O–H groups in total. The zero-order valence-corrected chi connectivity index (χ0v) is 17.8. The average Bonchev–Trinajstić information content (AvgIpc) is 3.01. The molecule has 9 heteroatoms. The van der Waals surface area contributed by atoms with Crippen LogP contribution >= 0.6 is 11.3 Å². The molecule has 1 aliphatic rings. The summed E-state index contributed by atoms with van der Waals surface area (Å²) in [5.74, 6) is 0.211. The van der Waals surface area contributed by atoms with Gasteiger partial charge in [0.1, 0.15) is 28.9 Å². The highest BCUT2D eigenvalue weighted by Gasteiger charge is 2.17. The van der Waals surface area contributed by atoms with E-state index < -0.39 is 11.6 Å². The molecule has 1 saturated heterocycles. The Balaban J connectivity index is 1.48. The van der Waals surface area contributed by atoms with E-state index in [1.165, 1.54) is 17.0 Å². The Morgan fingerprint density at radius 1 is 1.20 bits per heavy atom. The van der Waals surface area contributed by atoms with Gasteiger partial charge in [-0.1, -0.05) is 0 Å².